The third-order valence-corrected chi connectivity index (χ3v) is 3.48. The SMILES string of the molecule is C[C@@H](CNC(=O)CNc1cccc([N+](=O)[O-])c1)c1ccccc1. The van der Waals surface area contributed by atoms with Crippen molar-refractivity contribution in [1.82, 2.24) is 5.32 Å². The number of hydrogen-bond donors (Lipinski definition) is 2. The Hall–Kier alpha value is -2.89. The molecular weight excluding hydrogens is 294 g/mol. The van der Waals surface area contributed by atoms with Gasteiger partial charge in [0.2, 0.25) is 5.91 Å². The number of nitrogens with one attached hydrogen (secondary N) is 2. The summed E-state index contributed by atoms with van der Waals surface area (Å²) in [5.41, 5.74) is 1.71. The summed E-state index contributed by atoms with van der Waals surface area (Å²) in [6.07, 6.45) is 0. The zero-order chi connectivity index (χ0) is 16.7. The van der Waals surface area contributed by atoms with Crippen LogP contribution in [-0.4, -0.2) is 23.9 Å². The summed E-state index contributed by atoms with van der Waals surface area (Å²) in [6.45, 7) is 2.66. The molecule has 2 aromatic rings. The lowest BCUT2D eigenvalue weighted by Crippen LogP contribution is -2.32. The Labute approximate surface area is 134 Å². The molecule has 0 saturated carbocycles. The minimum absolute atomic E-state index is 0.00638. The number of benzene rings is 2. The van der Waals surface area contributed by atoms with E-state index in [1.807, 2.05) is 37.3 Å². The summed E-state index contributed by atoms with van der Waals surface area (Å²) < 4.78 is 0. The lowest BCUT2D eigenvalue weighted by Gasteiger charge is -2.13. The van der Waals surface area contributed by atoms with Crippen molar-refractivity contribution in [1.29, 1.82) is 0 Å². The number of rotatable bonds is 7. The quantitative estimate of drug-likeness (QED) is 0.608. The van der Waals surface area contributed by atoms with E-state index in [0.29, 0.717) is 12.2 Å². The molecule has 120 valence electrons. The Bertz CT molecular complexity index is 674. The first-order chi connectivity index (χ1) is 11.1. The van der Waals surface area contributed by atoms with Gasteiger partial charge in [0.05, 0.1) is 11.5 Å². The minimum atomic E-state index is -0.465. The van der Waals surface area contributed by atoms with Gasteiger partial charge in [0, 0.05) is 24.4 Å². The molecule has 6 heteroatoms. The summed E-state index contributed by atoms with van der Waals surface area (Å²) >= 11 is 0. The second-order valence-corrected chi connectivity index (χ2v) is 5.28. The van der Waals surface area contributed by atoms with Gasteiger partial charge in [-0.15, -0.1) is 0 Å². The Morgan fingerprint density at radius 2 is 1.91 bits per heavy atom. The number of non-ortho nitro benzene ring substituents is 1. The molecule has 23 heavy (non-hydrogen) atoms. The molecule has 0 aliphatic carbocycles. The fourth-order valence-corrected chi connectivity index (χ4v) is 2.14. The van der Waals surface area contributed by atoms with Crippen molar-refractivity contribution < 1.29 is 9.72 Å². The van der Waals surface area contributed by atoms with Crippen molar-refractivity contribution in [3.8, 4) is 0 Å². The van der Waals surface area contributed by atoms with Crippen LogP contribution in [0.15, 0.2) is 54.6 Å². The van der Waals surface area contributed by atoms with Gasteiger partial charge in [0.1, 0.15) is 0 Å². The van der Waals surface area contributed by atoms with Gasteiger partial charge in [-0.25, -0.2) is 0 Å². The molecule has 0 spiro atoms. The predicted molar refractivity (Wildman–Crippen MR) is 89.5 cm³/mol. The maximum atomic E-state index is 11.9. The summed E-state index contributed by atoms with van der Waals surface area (Å²) in [4.78, 5) is 22.1. The van der Waals surface area contributed by atoms with Gasteiger partial charge < -0.3 is 10.6 Å². The predicted octanol–water partition coefficient (Wildman–Crippen LogP) is 2.93. The van der Waals surface area contributed by atoms with Crippen LogP contribution in [0.25, 0.3) is 0 Å². The highest BCUT2D eigenvalue weighted by Crippen LogP contribution is 2.16. The molecule has 0 fully saturated rings. The number of carbonyl (C=O) groups is 1. The molecule has 0 aliphatic rings. The van der Waals surface area contributed by atoms with Crippen LogP contribution in [0.5, 0.6) is 0 Å². The molecule has 0 radical (unpaired) electrons. The first kappa shape index (κ1) is 16.5. The van der Waals surface area contributed by atoms with Gasteiger partial charge in [-0.2, -0.15) is 0 Å². The van der Waals surface area contributed by atoms with Crippen LogP contribution in [0.3, 0.4) is 0 Å². The van der Waals surface area contributed by atoms with E-state index < -0.39 is 4.92 Å². The summed E-state index contributed by atoms with van der Waals surface area (Å²) in [7, 11) is 0. The van der Waals surface area contributed by atoms with Crippen molar-refractivity contribution >= 4 is 17.3 Å². The van der Waals surface area contributed by atoms with Gasteiger partial charge in [-0.05, 0) is 17.5 Å². The lowest BCUT2D eigenvalue weighted by molar-refractivity contribution is -0.384. The summed E-state index contributed by atoms with van der Waals surface area (Å²) in [5.74, 6) is 0.0669. The molecular formula is C17H19N3O3. The molecule has 2 N–H and O–H groups in total. The standard InChI is InChI=1S/C17H19N3O3/c1-13(14-6-3-2-4-7-14)11-19-17(21)12-18-15-8-5-9-16(10-15)20(22)23/h2-10,13,18H,11-12H2,1H3,(H,19,21)/t13-/m0/s1. The molecule has 0 bridgehead atoms. The first-order valence-electron chi connectivity index (χ1n) is 7.36. The van der Waals surface area contributed by atoms with E-state index in [4.69, 9.17) is 0 Å². The minimum Gasteiger partial charge on any atom is -0.376 e. The lowest BCUT2D eigenvalue weighted by atomic mass is 10.0. The number of hydrogen-bond acceptors (Lipinski definition) is 4. The molecule has 6 nitrogen and oxygen atoms in total. The van der Waals surface area contributed by atoms with Crippen molar-refractivity contribution in [3.05, 3.63) is 70.3 Å². The fourth-order valence-electron chi connectivity index (χ4n) is 2.14. The zero-order valence-corrected chi connectivity index (χ0v) is 12.9. The van der Waals surface area contributed by atoms with Crippen molar-refractivity contribution in [2.24, 2.45) is 0 Å². The summed E-state index contributed by atoms with van der Waals surface area (Å²) in [6, 6.07) is 16.0. The van der Waals surface area contributed by atoms with Crippen LogP contribution >= 0.6 is 0 Å². The maximum absolute atomic E-state index is 11.9. The molecule has 0 aromatic heterocycles. The molecule has 0 aliphatic heterocycles. The Kier molecular flexibility index (Phi) is 5.68. The van der Waals surface area contributed by atoms with E-state index >= 15 is 0 Å². The molecule has 0 saturated heterocycles. The van der Waals surface area contributed by atoms with Crippen molar-refractivity contribution in [3.63, 3.8) is 0 Å². The topological polar surface area (TPSA) is 84.3 Å². The Balaban J connectivity index is 1.79. The number of nitrogens with zero attached hydrogens (tertiary/aromatic N) is 1. The molecule has 1 amide bonds. The molecule has 0 heterocycles. The Morgan fingerprint density at radius 1 is 1.17 bits per heavy atom. The number of amides is 1. The zero-order valence-electron chi connectivity index (χ0n) is 12.9. The number of anilines is 1. The van der Waals surface area contributed by atoms with Crippen LogP contribution in [0, 0.1) is 10.1 Å². The second kappa shape index (κ2) is 7.93. The molecule has 2 aromatic carbocycles. The van der Waals surface area contributed by atoms with Gasteiger partial charge in [-0.1, -0.05) is 43.3 Å². The number of nitro benzene ring substituents is 1. The van der Waals surface area contributed by atoms with Gasteiger partial charge in [-0.3, -0.25) is 14.9 Å². The monoisotopic (exact) mass is 313 g/mol. The van der Waals surface area contributed by atoms with Gasteiger partial charge >= 0.3 is 0 Å². The van der Waals surface area contributed by atoms with Crippen LogP contribution in [0.4, 0.5) is 11.4 Å². The number of carbonyl (C=O) groups excluding carboxylic acids is 1. The van der Waals surface area contributed by atoms with Crippen LogP contribution in [-0.2, 0) is 4.79 Å². The van der Waals surface area contributed by atoms with E-state index in [1.54, 1.807) is 12.1 Å². The smallest absolute Gasteiger partial charge is 0.271 e. The van der Waals surface area contributed by atoms with E-state index in [-0.39, 0.29) is 24.1 Å². The van der Waals surface area contributed by atoms with Crippen LogP contribution in [0.2, 0.25) is 0 Å². The molecule has 0 unspecified atom stereocenters. The molecule has 1 atom stereocenters. The number of nitro groups is 1. The Morgan fingerprint density at radius 3 is 2.61 bits per heavy atom. The van der Waals surface area contributed by atoms with Gasteiger partial charge in [0.25, 0.3) is 5.69 Å². The van der Waals surface area contributed by atoms with Crippen LogP contribution in [0.1, 0.15) is 18.4 Å². The van der Waals surface area contributed by atoms with E-state index in [1.165, 1.54) is 17.7 Å². The van der Waals surface area contributed by atoms with E-state index in [9.17, 15) is 14.9 Å². The first-order valence-corrected chi connectivity index (χ1v) is 7.36. The maximum Gasteiger partial charge on any atom is 0.271 e. The van der Waals surface area contributed by atoms with E-state index in [0.717, 1.165) is 0 Å². The average Bonchev–Trinajstić information content (AvgIpc) is 2.58. The summed E-state index contributed by atoms with van der Waals surface area (Å²) in [5, 5.41) is 16.4. The third-order valence-electron chi connectivity index (χ3n) is 3.48. The largest absolute Gasteiger partial charge is 0.376 e. The third kappa shape index (κ3) is 5.10. The van der Waals surface area contributed by atoms with Crippen molar-refractivity contribution in [2.75, 3.05) is 18.4 Å². The van der Waals surface area contributed by atoms with Crippen molar-refractivity contribution in [2.45, 2.75) is 12.8 Å². The van der Waals surface area contributed by atoms with E-state index in [2.05, 4.69) is 10.6 Å². The fraction of sp³-hybridized carbons (Fsp3) is 0.235. The van der Waals surface area contributed by atoms with Gasteiger partial charge in [0.15, 0.2) is 0 Å². The highest BCUT2D eigenvalue weighted by molar-refractivity contribution is 5.80. The highest BCUT2D eigenvalue weighted by atomic mass is 16.6. The normalized spacial score (nSPS) is 11.5. The van der Waals surface area contributed by atoms with Crippen LogP contribution < -0.4 is 10.6 Å². The second-order valence-electron chi connectivity index (χ2n) is 5.28. The average molecular weight is 313 g/mol. The molecule has 2 rings (SSSR count). The highest BCUT2D eigenvalue weighted by Gasteiger charge is 2.09.